The van der Waals surface area contributed by atoms with Crippen LogP contribution >= 0.6 is 0 Å². The summed E-state index contributed by atoms with van der Waals surface area (Å²) in [4.78, 5) is 14.1. The van der Waals surface area contributed by atoms with E-state index < -0.39 is 0 Å². The number of anilines is 1. The second-order valence-electron chi connectivity index (χ2n) is 5.94. The molecule has 1 aliphatic rings. The molecule has 1 aromatic carbocycles. The van der Waals surface area contributed by atoms with Gasteiger partial charge in [-0.1, -0.05) is 31.9 Å². The van der Waals surface area contributed by atoms with E-state index in [1.165, 1.54) is 5.56 Å². The van der Waals surface area contributed by atoms with E-state index >= 15 is 0 Å². The van der Waals surface area contributed by atoms with Crippen LogP contribution in [0.5, 0.6) is 0 Å². The van der Waals surface area contributed by atoms with E-state index in [1.807, 2.05) is 30.1 Å². The fourth-order valence-electron chi connectivity index (χ4n) is 3.02. The van der Waals surface area contributed by atoms with Crippen molar-refractivity contribution in [3.63, 3.8) is 0 Å². The first-order chi connectivity index (χ1) is 10.1. The largest absolute Gasteiger partial charge is 0.391 e. The van der Waals surface area contributed by atoms with Crippen LogP contribution in [0.4, 0.5) is 5.69 Å². The van der Waals surface area contributed by atoms with E-state index in [-0.39, 0.29) is 18.1 Å². The summed E-state index contributed by atoms with van der Waals surface area (Å²) in [5.74, 6) is -0.0245. The number of nitrogens with one attached hydrogen (secondary N) is 1. The molecule has 1 saturated carbocycles. The summed E-state index contributed by atoms with van der Waals surface area (Å²) >= 11 is 0. The molecule has 0 aromatic heterocycles. The highest BCUT2D eigenvalue weighted by Gasteiger charge is 2.27. The smallest absolute Gasteiger partial charge is 0.238 e. The van der Waals surface area contributed by atoms with Gasteiger partial charge >= 0.3 is 0 Å². The van der Waals surface area contributed by atoms with Crippen LogP contribution in [0.2, 0.25) is 0 Å². The molecule has 0 aliphatic heterocycles. The summed E-state index contributed by atoms with van der Waals surface area (Å²) in [6.07, 6.45) is 4.68. The SMILES string of the molecule is CCc1cccc(NC(=O)CN(C)C2CCCCC2O)c1. The number of amides is 1. The van der Waals surface area contributed by atoms with Crippen molar-refractivity contribution in [2.24, 2.45) is 0 Å². The van der Waals surface area contributed by atoms with E-state index in [9.17, 15) is 9.90 Å². The summed E-state index contributed by atoms with van der Waals surface area (Å²) in [5, 5.41) is 13.0. The molecule has 0 radical (unpaired) electrons. The molecule has 0 heterocycles. The van der Waals surface area contributed by atoms with Gasteiger partial charge in [-0.05, 0) is 44.0 Å². The van der Waals surface area contributed by atoms with E-state index in [4.69, 9.17) is 0 Å². The molecule has 116 valence electrons. The second-order valence-corrected chi connectivity index (χ2v) is 5.94. The third kappa shape index (κ3) is 4.55. The Morgan fingerprint density at radius 3 is 2.86 bits per heavy atom. The molecule has 21 heavy (non-hydrogen) atoms. The van der Waals surface area contributed by atoms with Gasteiger partial charge in [0.2, 0.25) is 5.91 Å². The first-order valence-electron chi connectivity index (χ1n) is 7.87. The topological polar surface area (TPSA) is 52.6 Å². The lowest BCUT2D eigenvalue weighted by molar-refractivity contribution is -0.118. The van der Waals surface area contributed by atoms with Gasteiger partial charge in [0.15, 0.2) is 0 Å². The lowest BCUT2D eigenvalue weighted by Gasteiger charge is -2.34. The number of aliphatic hydroxyl groups excluding tert-OH is 1. The van der Waals surface area contributed by atoms with Crippen LogP contribution in [0.3, 0.4) is 0 Å². The van der Waals surface area contributed by atoms with Gasteiger partial charge in [0.1, 0.15) is 0 Å². The Hall–Kier alpha value is -1.39. The Morgan fingerprint density at radius 2 is 2.14 bits per heavy atom. The summed E-state index contributed by atoms with van der Waals surface area (Å²) in [5.41, 5.74) is 2.06. The average Bonchev–Trinajstić information content (AvgIpc) is 2.47. The zero-order valence-corrected chi connectivity index (χ0v) is 13.0. The summed E-state index contributed by atoms with van der Waals surface area (Å²) in [6.45, 7) is 2.41. The fraction of sp³-hybridized carbons (Fsp3) is 0.588. The highest BCUT2D eigenvalue weighted by Crippen LogP contribution is 2.22. The van der Waals surface area contributed by atoms with Crippen molar-refractivity contribution >= 4 is 11.6 Å². The molecule has 2 N–H and O–H groups in total. The number of hydrogen-bond acceptors (Lipinski definition) is 3. The molecule has 1 fully saturated rings. The molecule has 4 heteroatoms. The van der Waals surface area contributed by atoms with Gasteiger partial charge in [0.25, 0.3) is 0 Å². The van der Waals surface area contributed by atoms with Gasteiger partial charge in [-0.3, -0.25) is 9.69 Å². The van der Waals surface area contributed by atoms with E-state index in [0.717, 1.165) is 37.8 Å². The van der Waals surface area contributed by atoms with Crippen molar-refractivity contribution in [3.8, 4) is 0 Å². The number of carbonyl (C=O) groups excluding carboxylic acids is 1. The molecule has 2 rings (SSSR count). The number of nitrogens with zero attached hydrogens (tertiary/aromatic N) is 1. The van der Waals surface area contributed by atoms with E-state index in [1.54, 1.807) is 0 Å². The molecule has 1 aliphatic carbocycles. The summed E-state index contributed by atoms with van der Waals surface area (Å²) in [6, 6.07) is 8.04. The van der Waals surface area contributed by atoms with E-state index in [0.29, 0.717) is 6.54 Å². The minimum absolute atomic E-state index is 0.0245. The van der Waals surface area contributed by atoms with Crippen molar-refractivity contribution in [1.82, 2.24) is 4.90 Å². The van der Waals surface area contributed by atoms with Gasteiger partial charge in [0, 0.05) is 11.7 Å². The van der Waals surface area contributed by atoms with Crippen LogP contribution in [0.15, 0.2) is 24.3 Å². The Kier molecular flexibility index (Phi) is 5.76. The van der Waals surface area contributed by atoms with Crippen LogP contribution in [0.1, 0.15) is 38.2 Å². The standard InChI is InChI=1S/C17H26N2O2/c1-3-13-7-6-8-14(11-13)18-17(21)12-19(2)15-9-4-5-10-16(15)20/h6-8,11,15-16,20H,3-5,9-10,12H2,1-2H3,(H,18,21). The van der Waals surface area contributed by atoms with Gasteiger partial charge in [-0.25, -0.2) is 0 Å². The van der Waals surface area contributed by atoms with Crippen molar-refractivity contribution in [1.29, 1.82) is 0 Å². The minimum Gasteiger partial charge on any atom is -0.391 e. The maximum Gasteiger partial charge on any atom is 0.238 e. The Bertz CT molecular complexity index is 476. The molecule has 2 unspecified atom stereocenters. The minimum atomic E-state index is -0.306. The number of benzene rings is 1. The Labute approximate surface area is 127 Å². The maximum atomic E-state index is 12.1. The van der Waals surface area contributed by atoms with E-state index in [2.05, 4.69) is 18.3 Å². The number of carbonyl (C=O) groups is 1. The zero-order valence-electron chi connectivity index (χ0n) is 13.0. The number of aryl methyl sites for hydroxylation is 1. The normalized spacial score (nSPS) is 22.3. The highest BCUT2D eigenvalue weighted by molar-refractivity contribution is 5.92. The third-order valence-corrected chi connectivity index (χ3v) is 4.27. The Morgan fingerprint density at radius 1 is 1.38 bits per heavy atom. The second kappa shape index (κ2) is 7.57. The van der Waals surface area contributed by atoms with Crippen LogP contribution in [0.25, 0.3) is 0 Å². The lowest BCUT2D eigenvalue weighted by atomic mass is 9.91. The number of rotatable bonds is 5. The molecule has 4 nitrogen and oxygen atoms in total. The molecule has 0 bridgehead atoms. The van der Waals surface area contributed by atoms with Crippen LogP contribution < -0.4 is 5.32 Å². The molecule has 1 aromatic rings. The predicted molar refractivity (Wildman–Crippen MR) is 85.3 cm³/mol. The molecule has 2 atom stereocenters. The molecule has 0 spiro atoms. The third-order valence-electron chi connectivity index (χ3n) is 4.27. The fourth-order valence-corrected chi connectivity index (χ4v) is 3.02. The number of likely N-dealkylation sites (N-methyl/N-ethyl adjacent to an activating group) is 1. The van der Waals surface area contributed by atoms with Crippen molar-refractivity contribution in [2.75, 3.05) is 18.9 Å². The van der Waals surface area contributed by atoms with Crippen molar-refractivity contribution < 1.29 is 9.90 Å². The zero-order chi connectivity index (χ0) is 15.2. The van der Waals surface area contributed by atoms with Gasteiger partial charge in [-0.2, -0.15) is 0 Å². The first kappa shape index (κ1) is 16.0. The molecule has 0 saturated heterocycles. The van der Waals surface area contributed by atoms with Gasteiger partial charge in [-0.15, -0.1) is 0 Å². The maximum absolute atomic E-state index is 12.1. The number of aliphatic hydroxyl groups is 1. The van der Waals surface area contributed by atoms with Crippen LogP contribution in [0, 0.1) is 0 Å². The number of hydrogen-bond donors (Lipinski definition) is 2. The highest BCUT2D eigenvalue weighted by atomic mass is 16.3. The molecule has 1 amide bonds. The monoisotopic (exact) mass is 290 g/mol. The van der Waals surface area contributed by atoms with Crippen molar-refractivity contribution in [3.05, 3.63) is 29.8 Å². The molecular formula is C17H26N2O2. The van der Waals surface area contributed by atoms with Crippen LogP contribution in [-0.2, 0) is 11.2 Å². The van der Waals surface area contributed by atoms with Crippen molar-refractivity contribution in [2.45, 2.75) is 51.2 Å². The van der Waals surface area contributed by atoms with Gasteiger partial charge < -0.3 is 10.4 Å². The average molecular weight is 290 g/mol. The predicted octanol–water partition coefficient (Wildman–Crippen LogP) is 2.42. The van der Waals surface area contributed by atoms with Crippen LogP contribution in [-0.4, -0.2) is 41.7 Å². The Balaban J connectivity index is 1.88. The first-order valence-corrected chi connectivity index (χ1v) is 7.87. The summed E-state index contributed by atoms with van der Waals surface area (Å²) < 4.78 is 0. The summed E-state index contributed by atoms with van der Waals surface area (Å²) in [7, 11) is 1.92. The molecular weight excluding hydrogens is 264 g/mol. The lowest BCUT2D eigenvalue weighted by Crippen LogP contribution is -2.46. The quantitative estimate of drug-likeness (QED) is 0.875. The van der Waals surface area contributed by atoms with Gasteiger partial charge in [0.05, 0.1) is 12.6 Å².